The molecule has 0 aromatic heterocycles. The minimum atomic E-state index is -4.16. The summed E-state index contributed by atoms with van der Waals surface area (Å²) in [6, 6.07) is 0. The Labute approximate surface area is 185 Å². The molecule has 0 unspecified atom stereocenters. The van der Waals surface area contributed by atoms with Gasteiger partial charge < -0.3 is 4.48 Å². The highest BCUT2D eigenvalue weighted by atomic mass is 32.3. The van der Waals surface area contributed by atoms with E-state index in [1.807, 2.05) is 0 Å². The third-order valence-corrected chi connectivity index (χ3v) is 7.18. The van der Waals surface area contributed by atoms with E-state index in [0.717, 1.165) is 7.11 Å². The molecule has 176 valence electrons. The second-order valence-electron chi connectivity index (χ2n) is 8.59. The lowest BCUT2D eigenvalue weighted by molar-refractivity contribution is -0.906. The molecule has 0 aromatic rings. The molecule has 0 radical (unpaired) electrons. The third-order valence-electron chi connectivity index (χ3n) is 5.81. The van der Waals surface area contributed by atoms with Gasteiger partial charge in [-0.1, -0.05) is 84.0 Å². The van der Waals surface area contributed by atoms with Crippen molar-refractivity contribution >= 4 is 22.2 Å². The predicted molar refractivity (Wildman–Crippen MR) is 127 cm³/mol. The van der Waals surface area contributed by atoms with E-state index in [1.54, 1.807) is 0 Å². The molecule has 1 aliphatic rings. The molecule has 1 aliphatic heterocycles. The monoisotopic (exact) mass is 454 g/mol. The minimum absolute atomic E-state index is 0.870. The SMILES string of the molecule is CCCCCCCCCCCCCCCC[N+]1(C)CCSCC1.COS(=O)(=O)O. The molecule has 7 heteroatoms. The molecule has 0 bridgehead atoms. The molecule has 0 atom stereocenters. The normalized spacial score (nSPS) is 16.3. The number of unbranched alkanes of at least 4 members (excludes halogenated alkanes) is 13. The van der Waals surface area contributed by atoms with E-state index in [4.69, 9.17) is 4.55 Å². The van der Waals surface area contributed by atoms with Gasteiger partial charge in [-0.15, -0.1) is 0 Å². The molecule has 0 spiro atoms. The van der Waals surface area contributed by atoms with Crippen LogP contribution in [0.25, 0.3) is 0 Å². The van der Waals surface area contributed by atoms with E-state index in [2.05, 4.69) is 29.9 Å². The summed E-state index contributed by atoms with van der Waals surface area (Å²) in [5.74, 6) is 2.77. The largest absolute Gasteiger partial charge is 0.397 e. The van der Waals surface area contributed by atoms with Crippen LogP contribution in [0, 0.1) is 0 Å². The number of quaternary nitrogens is 1. The van der Waals surface area contributed by atoms with Crippen molar-refractivity contribution in [3.8, 4) is 0 Å². The fourth-order valence-electron chi connectivity index (χ4n) is 3.70. The quantitative estimate of drug-likeness (QED) is 0.173. The van der Waals surface area contributed by atoms with Gasteiger partial charge in [0.1, 0.15) is 0 Å². The van der Waals surface area contributed by atoms with Gasteiger partial charge in [0.2, 0.25) is 0 Å². The van der Waals surface area contributed by atoms with E-state index in [1.165, 1.54) is 126 Å². The molecule has 1 N–H and O–H groups in total. The van der Waals surface area contributed by atoms with Gasteiger partial charge in [-0.25, -0.2) is 0 Å². The highest BCUT2D eigenvalue weighted by Gasteiger charge is 2.23. The van der Waals surface area contributed by atoms with Crippen molar-refractivity contribution in [3.05, 3.63) is 0 Å². The van der Waals surface area contributed by atoms with Crippen LogP contribution in [0.15, 0.2) is 0 Å². The Balaban J connectivity index is 0.00000113. The first-order valence-electron chi connectivity index (χ1n) is 11.8. The van der Waals surface area contributed by atoms with Gasteiger partial charge in [0.15, 0.2) is 0 Å². The summed E-state index contributed by atoms with van der Waals surface area (Å²) in [5.41, 5.74) is 0. The number of nitrogens with zero attached hydrogens (tertiary/aromatic N) is 1. The molecule has 0 saturated carbocycles. The van der Waals surface area contributed by atoms with Crippen molar-refractivity contribution in [2.45, 2.75) is 96.8 Å². The smallest absolute Gasteiger partial charge is 0.325 e. The number of thioether (sulfide) groups is 1. The maximum absolute atomic E-state index is 9.33. The van der Waals surface area contributed by atoms with Gasteiger partial charge in [-0.3, -0.25) is 8.74 Å². The third kappa shape index (κ3) is 21.2. The predicted octanol–water partition coefficient (Wildman–Crippen LogP) is 6.10. The molecule has 1 heterocycles. The summed E-state index contributed by atoms with van der Waals surface area (Å²) in [6.07, 6.45) is 20.6. The van der Waals surface area contributed by atoms with Crippen molar-refractivity contribution in [3.63, 3.8) is 0 Å². The number of hydrogen-bond donors (Lipinski definition) is 1. The Morgan fingerprint density at radius 3 is 1.48 bits per heavy atom. The molecule has 0 amide bonds. The zero-order valence-electron chi connectivity index (χ0n) is 19.4. The second kappa shape index (κ2) is 18.9. The first-order valence-corrected chi connectivity index (χ1v) is 14.3. The van der Waals surface area contributed by atoms with E-state index in [9.17, 15) is 8.42 Å². The molecule has 1 saturated heterocycles. The summed E-state index contributed by atoms with van der Waals surface area (Å²) in [7, 11) is -0.817. The fraction of sp³-hybridized carbons (Fsp3) is 1.00. The van der Waals surface area contributed by atoms with E-state index in [0.29, 0.717) is 0 Å². The van der Waals surface area contributed by atoms with Gasteiger partial charge in [-0.2, -0.15) is 20.2 Å². The van der Waals surface area contributed by atoms with Crippen molar-refractivity contribution in [1.29, 1.82) is 0 Å². The lowest BCUT2D eigenvalue weighted by atomic mass is 10.0. The topological polar surface area (TPSA) is 63.6 Å². The van der Waals surface area contributed by atoms with Crippen LogP contribution in [-0.2, 0) is 14.6 Å². The summed E-state index contributed by atoms with van der Waals surface area (Å²) in [6.45, 7) is 6.54. The maximum atomic E-state index is 9.33. The van der Waals surface area contributed by atoms with Crippen LogP contribution in [0.4, 0.5) is 0 Å². The highest BCUT2D eigenvalue weighted by molar-refractivity contribution is 7.99. The van der Waals surface area contributed by atoms with Crippen LogP contribution in [0.2, 0.25) is 0 Å². The van der Waals surface area contributed by atoms with Crippen LogP contribution in [-0.4, -0.2) is 62.8 Å². The second-order valence-corrected chi connectivity index (χ2v) is 11.0. The first-order chi connectivity index (χ1) is 13.8. The van der Waals surface area contributed by atoms with Crippen LogP contribution in [0.1, 0.15) is 96.8 Å². The van der Waals surface area contributed by atoms with E-state index < -0.39 is 10.4 Å². The van der Waals surface area contributed by atoms with Crippen LogP contribution >= 0.6 is 11.8 Å². The van der Waals surface area contributed by atoms with Crippen molar-refractivity contribution in [2.24, 2.45) is 0 Å². The Morgan fingerprint density at radius 1 is 0.793 bits per heavy atom. The van der Waals surface area contributed by atoms with Crippen molar-refractivity contribution in [2.75, 3.05) is 45.3 Å². The van der Waals surface area contributed by atoms with Gasteiger partial charge in [0.05, 0.1) is 33.8 Å². The Bertz CT molecular complexity index is 452. The fourth-order valence-corrected chi connectivity index (χ4v) is 5.04. The summed E-state index contributed by atoms with van der Waals surface area (Å²) >= 11 is 2.14. The van der Waals surface area contributed by atoms with Crippen molar-refractivity contribution in [1.82, 2.24) is 0 Å². The van der Waals surface area contributed by atoms with Gasteiger partial charge in [-0.05, 0) is 12.8 Å². The lowest BCUT2D eigenvalue weighted by Gasteiger charge is -2.37. The van der Waals surface area contributed by atoms with E-state index >= 15 is 0 Å². The molecule has 29 heavy (non-hydrogen) atoms. The Kier molecular flexibility index (Phi) is 19.0. The van der Waals surface area contributed by atoms with Crippen molar-refractivity contribution < 1.29 is 21.6 Å². The highest BCUT2D eigenvalue weighted by Crippen LogP contribution is 2.18. The van der Waals surface area contributed by atoms with Gasteiger partial charge in [0.25, 0.3) is 0 Å². The zero-order chi connectivity index (χ0) is 21.8. The molecule has 1 rings (SSSR count). The van der Waals surface area contributed by atoms with Crippen LogP contribution in [0.3, 0.4) is 0 Å². The van der Waals surface area contributed by atoms with Gasteiger partial charge >= 0.3 is 10.4 Å². The maximum Gasteiger partial charge on any atom is 0.397 e. The molecule has 1 fully saturated rings. The molecular weight excluding hydrogens is 406 g/mol. The Hall–Kier alpha value is 0.180. The van der Waals surface area contributed by atoms with Crippen LogP contribution < -0.4 is 0 Å². The molecule has 0 aromatic carbocycles. The van der Waals surface area contributed by atoms with Gasteiger partial charge in [0, 0.05) is 11.5 Å². The zero-order valence-corrected chi connectivity index (χ0v) is 21.0. The average Bonchev–Trinajstić information content (AvgIpc) is 2.69. The first kappa shape index (κ1) is 29.2. The average molecular weight is 455 g/mol. The lowest BCUT2D eigenvalue weighted by Crippen LogP contribution is -2.50. The van der Waals surface area contributed by atoms with E-state index in [-0.39, 0.29) is 0 Å². The summed E-state index contributed by atoms with van der Waals surface area (Å²) in [4.78, 5) is 0. The Morgan fingerprint density at radius 2 is 1.14 bits per heavy atom. The molecular formula is C22H48NO4S2+. The summed E-state index contributed by atoms with van der Waals surface area (Å²) < 4.78 is 31.1. The summed E-state index contributed by atoms with van der Waals surface area (Å²) in [5, 5.41) is 0. The number of rotatable bonds is 16. The number of hydrogen-bond acceptors (Lipinski definition) is 4. The minimum Gasteiger partial charge on any atom is -0.325 e. The molecule has 0 aliphatic carbocycles. The standard InChI is InChI=1S/C21H44NS.CH4O4S/c1-3-4-5-6-7-8-9-10-11-12-13-14-15-16-17-22(2)18-20-23-21-19-22;1-5-6(2,3)4/h3-21H2,1-2H3;1H3,(H,2,3,4)/q+1;. The van der Waals surface area contributed by atoms with Crippen LogP contribution in [0.5, 0.6) is 0 Å². The molecule has 5 nitrogen and oxygen atoms in total.